The third kappa shape index (κ3) is 3.33. The number of hydrogen-bond acceptors (Lipinski definition) is 1. The van der Waals surface area contributed by atoms with Crippen LogP contribution in [-0.2, 0) is 0 Å². The van der Waals surface area contributed by atoms with E-state index in [-0.39, 0.29) is 11.9 Å². The van der Waals surface area contributed by atoms with Gasteiger partial charge in [0.2, 0.25) is 5.96 Å². The van der Waals surface area contributed by atoms with Crippen molar-refractivity contribution in [2.24, 2.45) is 5.73 Å². The van der Waals surface area contributed by atoms with Gasteiger partial charge in [-0.05, 0) is 0 Å². The fourth-order valence-electron chi connectivity index (χ4n) is 0.232. The van der Waals surface area contributed by atoms with Crippen LogP contribution in [0, 0.1) is 5.41 Å². The van der Waals surface area contributed by atoms with E-state index in [0.717, 1.165) is 0 Å². The van der Waals surface area contributed by atoms with Crippen LogP contribution in [0.25, 0.3) is 0 Å². The van der Waals surface area contributed by atoms with E-state index < -0.39 is 0 Å². The molecule has 0 aliphatic rings. The molecule has 0 saturated carbocycles. The molecule has 0 rings (SSSR count). The molecule has 0 bridgehead atoms. The van der Waals surface area contributed by atoms with Crippen LogP contribution in [0.3, 0.4) is 0 Å². The first-order valence-electron chi connectivity index (χ1n) is 2.38. The third-order valence-electron chi connectivity index (χ3n) is 0.670. The summed E-state index contributed by atoms with van der Waals surface area (Å²) < 4.78 is 0. The predicted octanol–water partition coefficient (Wildman–Crippen LogP) is -1.81. The second kappa shape index (κ2) is 2.91. The summed E-state index contributed by atoms with van der Waals surface area (Å²) in [5.74, 6) is -0.413. The first-order valence-corrected chi connectivity index (χ1v) is 2.38. The summed E-state index contributed by atoms with van der Waals surface area (Å²) in [5.41, 5.74) is 4.90. The summed E-state index contributed by atoms with van der Waals surface area (Å²) in [6, 6.07) is 0. The zero-order valence-electron chi connectivity index (χ0n) is 5.47. The lowest BCUT2D eigenvalue weighted by atomic mass is 10.8. The van der Waals surface area contributed by atoms with Crippen molar-refractivity contribution >= 4 is 11.9 Å². The molecule has 0 fully saturated rings. The fraction of sp³-hybridized carbons (Fsp3) is 0.500. The smallest absolute Gasteiger partial charge is 0.225 e. The minimum Gasteiger partial charge on any atom is -0.370 e. The molecule has 0 aliphatic carbocycles. The molecule has 0 atom stereocenters. The lowest BCUT2D eigenvalue weighted by Crippen LogP contribution is -2.43. The number of nitrogens with zero attached hydrogens (tertiary/aromatic N) is 2. The molecule has 0 aliphatic heterocycles. The molecule has 0 spiro atoms. The maximum atomic E-state index is 8.81. The molecule has 0 saturated heterocycles. The Kier molecular flexibility index (Phi) is 2.50. The number of nitrogens with two attached hydrogens (primary N) is 1. The highest BCUT2D eigenvalue weighted by atomic mass is 15.3. The summed E-state index contributed by atoms with van der Waals surface area (Å²) in [6.45, 7) is 0. The summed E-state index contributed by atoms with van der Waals surface area (Å²) in [5, 5.41) is 17.7. The van der Waals surface area contributed by atoms with E-state index in [1.807, 2.05) is 0 Å². The van der Waals surface area contributed by atoms with Crippen LogP contribution in [0.15, 0.2) is 0 Å². The Labute approximate surface area is 53.9 Å². The van der Waals surface area contributed by atoms with Crippen LogP contribution in [0.1, 0.15) is 0 Å². The second-order valence-electron chi connectivity index (χ2n) is 1.76. The predicted molar refractivity (Wildman–Crippen MR) is 35.9 cm³/mol. The zero-order valence-corrected chi connectivity index (χ0v) is 5.47. The Bertz CT molecular complexity index is 127. The topological polar surface area (TPSA) is 87.4 Å². The summed E-state index contributed by atoms with van der Waals surface area (Å²) in [4.78, 5) is 1.40. The van der Waals surface area contributed by atoms with E-state index >= 15 is 0 Å². The van der Waals surface area contributed by atoms with Crippen molar-refractivity contribution in [1.82, 2.24) is 15.6 Å². The van der Waals surface area contributed by atoms with Gasteiger partial charge in [-0.15, -0.1) is 5.41 Å². The van der Waals surface area contributed by atoms with Gasteiger partial charge < -0.3 is 10.6 Å². The largest absolute Gasteiger partial charge is 0.370 e. The highest BCUT2D eigenvalue weighted by Gasteiger charge is 1.97. The summed E-state index contributed by atoms with van der Waals surface area (Å²) in [7, 11) is 3.26. The monoisotopic (exact) mass is 128 g/mol. The molecular weight excluding hydrogens is 118 g/mol. The molecular formula is C4H10N5. The summed E-state index contributed by atoms with van der Waals surface area (Å²) >= 11 is 0. The lowest BCUT2D eigenvalue weighted by Gasteiger charge is -2.11. The fourth-order valence-corrected chi connectivity index (χ4v) is 0.232. The van der Waals surface area contributed by atoms with Crippen molar-refractivity contribution in [3.8, 4) is 0 Å². The zero-order chi connectivity index (χ0) is 7.44. The summed E-state index contributed by atoms with van der Waals surface area (Å²) in [6.07, 6.45) is 0. The van der Waals surface area contributed by atoms with Crippen LogP contribution >= 0.6 is 0 Å². The van der Waals surface area contributed by atoms with Crippen LogP contribution in [0.5, 0.6) is 0 Å². The average molecular weight is 128 g/mol. The molecule has 4 N–H and O–H groups in total. The number of nitrogens with one attached hydrogen (secondary N) is 2. The first-order chi connectivity index (χ1) is 4.04. The van der Waals surface area contributed by atoms with Gasteiger partial charge in [0, 0.05) is 14.1 Å². The highest BCUT2D eigenvalue weighted by molar-refractivity contribution is 5.95. The van der Waals surface area contributed by atoms with Gasteiger partial charge in [-0.1, -0.05) is 0 Å². The molecule has 5 nitrogen and oxygen atoms in total. The van der Waals surface area contributed by atoms with Crippen molar-refractivity contribution in [3.63, 3.8) is 0 Å². The van der Waals surface area contributed by atoms with Crippen molar-refractivity contribution in [2.45, 2.75) is 0 Å². The minimum atomic E-state index is -0.277. The highest BCUT2D eigenvalue weighted by Crippen LogP contribution is 1.67. The molecule has 9 heavy (non-hydrogen) atoms. The molecule has 0 aromatic rings. The van der Waals surface area contributed by atoms with E-state index in [1.165, 1.54) is 4.90 Å². The van der Waals surface area contributed by atoms with E-state index in [2.05, 4.69) is 5.32 Å². The SMILES string of the molecule is CN(C)C(=[N])NC(=N)N. The quantitative estimate of drug-likeness (QED) is 0.265. The van der Waals surface area contributed by atoms with Crippen molar-refractivity contribution in [3.05, 3.63) is 0 Å². The molecule has 0 amide bonds. The van der Waals surface area contributed by atoms with E-state index in [4.69, 9.17) is 16.6 Å². The number of guanidine groups is 2. The maximum Gasteiger partial charge on any atom is 0.225 e. The Morgan fingerprint density at radius 1 is 1.67 bits per heavy atom. The Morgan fingerprint density at radius 2 is 2.11 bits per heavy atom. The molecule has 1 radical (unpaired) electrons. The second-order valence-corrected chi connectivity index (χ2v) is 1.76. The van der Waals surface area contributed by atoms with Crippen LogP contribution in [0.4, 0.5) is 0 Å². The average Bonchev–Trinajstić information content (AvgIpc) is 1.63. The van der Waals surface area contributed by atoms with Crippen LogP contribution in [0.2, 0.25) is 0 Å². The number of hydrogen-bond donors (Lipinski definition) is 3. The van der Waals surface area contributed by atoms with Crippen molar-refractivity contribution in [1.29, 1.82) is 5.41 Å². The third-order valence-corrected chi connectivity index (χ3v) is 0.670. The normalized spacial score (nSPS) is 8.22. The molecule has 5 heteroatoms. The van der Waals surface area contributed by atoms with Gasteiger partial charge in [0.05, 0.1) is 0 Å². The van der Waals surface area contributed by atoms with E-state index in [0.29, 0.717) is 0 Å². The minimum absolute atomic E-state index is 0.137. The molecule has 0 heterocycles. The standard InChI is InChI=1S/C4H10N5/c1-9(2)4(7)8-3(5)6/h1-2H3,(H4,5,6,8). The van der Waals surface area contributed by atoms with Gasteiger partial charge in [0.15, 0.2) is 5.96 Å². The van der Waals surface area contributed by atoms with Gasteiger partial charge >= 0.3 is 0 Å². The molecule has 51 valence electrons. The lowest BCUT2D eigenvalue weighted by molar-refractivity contribution is 0.605. The van der Waals surface area contributed by atoms with Crippen molar-refractivity contribution in [2.75, 3.05) is 14.1 Å². The van der Waals surface area contributed by atoms with Crippen LogP contribution < -0.4 is 16.5 Å². The van der Waals surface area contributed by atoms with Gasteiger partial charge in [0.25, 0.3) is 0 Å². The van der Waals surface area contributed by atoms with E-state index in [1.54, 1.807) is 14.1 Å². The number of rotatable bonds is 0. The Morgan fingerprint density at radius 3 is 2.22 bits per heavy atom. The van der Waals surface area contributed by atoms with Gasteiger partial charge in [-0.3, -0.25) is 10.7 Å². The molecule has 0 aromatic heterocycles. The molecule has 0 aromatic carbocycles. The molecule has 0 unspecified atom stereocenters. The van der Waals surface area contributed by atoms with Crippen molar-refractivity contribution < 1.29 is 0 Å². The Hall–Kier alpha value is -1.26. The Balaban J connectivity index is 3.64. The van der Waals surface area contributed by atoms with Gasteiger partial charge in [0.1, 0.15) is 0 Å². The van der Waals surface area contributed by atoms with Gasteiger partial charge in [-0.25, -0.2) is 0 Å². The van der Waals surface area contributed by atoms with E-state index in [9.17, 15) is 0 Å². The van der Waals surface area contributed by atoms with Crippen LogP contribution in [-0.4, -0.2) is 30.9 Å². The maximum absolute atomic E-state index is 8.81. The first kappa shape index (κ1) is 7.74. The van der Waals surface area contributed by atoms with Gasteiger partial charge in [-0.2, -0.15) is 0 Å².